The van der Waals surface area contributed by atoms with Crippen LogP contribution < -0.4 is 10.1 Å². The van der Waals surface area contributed by atoms with E-state index in [2.05, 4.69) is 5.32 Å². The molecule has 1 heterocycles. The van der Waals surface area contributed by atoms with Gasteiger partial charge in [-0.15, -0.1) is 0 Å². The third-order valence-corrected chi connectivity index (χ3v) is 6.05. The van der Waals surface area contributed by atoms with Crippen molar-refractivity contribution < 1.29 is 42.9 Å². The van der Waals surface area contributed by atoms with Crippen molar-refractivity contribution >= 4 is 23.8 Å². The maximum atomic E-state index is 13.4. The van der Waals surface area contributed by atoms with Crippen molar-refractivity contribution in [3.8, 4) is 17.1 Å². The average Bonchev–Trinajstić information content (AvgIpc) is 3.51. The number of nitrogens with one attached hydrogen (secondary N) is 1. The van der Waals surface area contributed by atoms with Crippen LogP contribution in [0, 0.1) is 0 Å². The summed E-state index contributed by atoms with van der Waals surface area (Å²) in [4.78, 5) is 50.3. The fraction of sp³-hybridized carbons (Fsp3) is 0.188. The molecule has 0 aliphatic rings. The zero-order valence-corrected chi connectivity index (χ0v) is 22.8. The molecule has 0 radical (unpaired) electrons. The average molecular weight is 572 g/mol. The zero-order valence-electron chi connectivity index (χ0n) is 22.8. The second-order valence-electron chi connectivity index (χ2n) is 9.08. The second-order valence-corrected chi connectivity index (χ2v) is 9.08. The van der Waals surface area contributed by atoms with Gasteiger partial charge in [-0.05, 0) is 42.3 Å². The topological polar surface area (TPSA) is 141 Å². The minimum absolute atomic E-state index is 0.00568. The van der Waals surface area contributed by atoms with Crippen molar-refractivity contribution in [2.75, 3.05) is 6.61 Å². The van der Waals surface area contributed by atoms with Crippen LogP contribution in [0.2, 0.25) is 0 Å². The number of ether oxygens (including phenoxy) is 3. The molecule has 3 aromatic carbocycles. The summed E-state index contributed by atoms with van der Waals surface area (Å²) in [5, 5.41) is 11.7. The molecule has 0 fully saturated rings. The Hall–Kier alpha value is -5.38. The number of carbonyl (C=O) groups excluding carboxylic acids is 3. The number of carbonyl (C=O) groups is 4. The highest BCUT2D eigenvalue weighted by Crippen LogP contribution is 2.29. The van der Waals surface area contributed by atoms with E-state index in [1.165, 1.54) is 24.3 Å². The standard InChI is InChI=1S/C32H29NO9/c1-2-39-28-17-23(26-15-16-27(42-26)31(36)37)13-14-24(28)30(35)33-25(32(38)41-20-22-11-7-4-8-12-22)18-29(34)40-19-21-9-5-3-6-10-21/h3-17,25H,2,18-20H2,1H3,(H,33,35)(H,36,37)/t25-/m0/s1. The van der Waals surface area contributed by atoms with Crippen LogP contribution in [0.5, 0.6) is 5.75 Å². The van der Waals surface area contributed by atoms with Crippen LogP contribution in [0.25, 0.3) is 11.3 Å². The van der Waals surface area contributed by atoms with Gasteiger partial charge in [-0.2, -0.15) is 0 Å². The van der Waals surface area contributed by atoms with E-state index in [9.17, 15) is 19.2 Å². The summed E-state index contributed by atoms with van der Waals surface area (Å²) in [6.45, 7) is 1.91. The first kappa shape index (κ1) is 29.6. The number of amides is 1. The van der Waals surface area contributed by atoms with Crippen LogP contribution in [0.1, 0.15) is 45.4 Å². The summed E-state index contributed by atoms with van der Waals surface area (Å²) in [5.41, 5.74) is 2.07. The lowest BCUT2D eigenvalue weighted by atomic mass is 10.1. The van der Waals surface area contributed by atoms with Gasteiger partial charge in [0.25, 0.3) is 5.91 Å². The highest BCUT2D eigenvalue weighted by molar-refractivity contribution is 6.00. The minimum Gasteiger partial charge on any atom is -0.493 e. The van der Waals surface area contributed by atoms with Gasteiger partial charge >= 0.3 is 17.9 Å². The van der Waals surface area contributed by atoms with Crippen molar-refractivity contribution in [3.05, 3.63) is 113 Å². The SMILES string of the molecule is CCOc1cc(-c2ccc(C(=O)O)o2)ccc1C(=O)N[C@@H](CC(=O)OCc1ccccc1)C(=O)OCc1ccccc1. The Labute approximate surface area is 241 Å². The third kappa shape index (κ3) is 8.07. The Morgan fingerprint density at radius 2 is 1.48 bits per heavy atom. The first-order valence-corrected chi connectivity index (χ1v) is 13.2. The summed E-state index contributed by atoms with van der Waals surface area (Å²) in [5.74, 6) is -3.21. The molecule has 1 aromatic heterocycles. The molecular weight excluding hydrogens is 542 g/mol. The Morgan fingerprint density at radius 1 is 0.833 bits per heavy atom. The van der Waals surface area contributed by atoms with Gasteiger partial charge in [0.05, 0.1) is 18.6 Å². The summed E-state index contributed by atoms with van der Waals surface area (Å²) < 4.78 is 21.8. The maximum Gasteiger partial charge on any atom is 0.371 e. The van der Waals surface area contributed by atoms with E-state index < -0.39 is 36.3 Å². The van der Waals surface area contributed by atoms with Crippen LogP contribution in [0.3, 0.4) is 0 Å². The van der Waals surface area contributed by atoms with Crippen LogP contribution in [0.15, 0.2) is 95.4 Å². The highest BCUT2D eigenvalue weighted by Gasteiger charge is 2.28. The molecule has 10 nitrogen and oxygen atoms in total. The van der Waals surface area contributed by atoms with E-state index in [1.54, 1.807) is 49.4 Å². The quantitative estimate of drug-likeness (QED) is 0.212. The number of aromatic carboxylic acids is 1. The van der Waals surface area contributed by atoms with Gasteiger partial charge in [-0.1, -0.05) is 66.7 Å². The molecule has 0 aliphatic carbocycles. The molecule has 0 aliphatic heterocycles. The Kier molecular flexibility index (Phi) is 10.1. The van der Waals surface area contributed by atoms with Gasteiger partial charge in [-0.25, -0.2) is 9.59 Å². The van der Waals surface area contributed by atoms with Crippen LogP contribution in [0.4, 0.5) is 0 Å². The number of rotatable bonds is 13. The predicted molar refractivity (Wildman–Crippen MR) is 151 cm³/mol. The Morgan fingerprint density at radius 3 is 2.07 bits per heavy atom. The lowest BCUT2D eigenvalue weighted by molar-refractivity contribution is -0.153. The normalized spacial score (nSPS) is 11.3. The van der Waals surface area contributed by atoms with Crippen molar-refractivity contribution in [3.63, 3.8) is 0 Å². The molecule has 42 heavy (non-hydrogen) atoms. The summed E-state index contributed by atoms with van der Waals surface area (Å²) in [6, 6.07) is 24.0. The molecule has 10 heteroatoms. The summed E-state index contributed by atoms with van der Waals surface area (Å²) in [6.07, 6.45) is -0.460. The van der Waals surface area contributed by atoms with Gasteiger partial charge in [0.1, 0.15) is 30.8 Å². The fourth-order valence-corrected chi connectivity index (χ4v) is 3.97. The smallest absolute Gasteiger partial charge is 0.371 e. The molecule has 0 saturated carbocycles. The molecular formula is C32H29NO9. The van der Waals surface area contributed by atoms with E-state index in [4.69, 9.17) is 23.7 Å². The van der Waals surface area contributed by atoms with Crippen molar-refractivity contribution in [1.29, 1.82) is 0 Å². The summed E-state index contributed by atoms with van der Waals surface area (Å²) >= 11 is 0. The third-order valence-electron chi connectivity index (χ3n) is 6.05. The molecule has 0 unspecified atom stereocenters. The lowest BCUT2D eigenvalue weighted by Crippen LogP contribution is -2.43. The minimum atomic E-state index is -1.35. The molecule has 4 rings (SSSR count). The van der Waals surface area contributed by atoms with Crippen molar-refractivity contribution in [2.45, 2.75) is 32.6 Å². The number of furan rings is 1. The summed E-state index contributed by atoms with van der Waals surface area (Å²) in [7, 11) is 0. The van der Waals surface area contributed by atoms with Gasteiger partial charge in [0, 0.05) is 5.56 Å². The van der Waals surface area contributed by atoms with Gasteiger partial charge < -0.3 is 29.1 Å². The first-order chi connectivity index (χ1) is 20.3. The van der Waals surface area contributed by atoms with Crippen molar-refractivity contribution in [1.82, 2.24) is 5.32 Å². The number of hydrogen-bond donors (Lipinski definition) is 2. The number of hydrogen-bond acceptors (Lipinski definition) is 8. The van der Waals surface area contributed by atoms with Crippen LogP contribution in [-0.4, -0.2) is 41.6 Å². The van der Waals surface area contributed by atoms with Gasteiger partial charge in [0.15, 0.2) is 0 Å². The fourth-order valence-electron chi connectivity index (χ4n) is 3.97. The molecule has 1 amide bonds. The van der Waals surface area contributed by atoms with E-state index in [0.29, 0.717) is 5.56 Å². The largest absolute Gasteiger partial charge is 0.493 e. The Bertz CT molecular complexity index is 1530. The van der Waals surface area contributed by atoms with E-state index in [1.807, 2.05) is 24.3 Å². The monoisotopic (exact) mass is 571 g/mol. The Balaban J connectivity index is 1.51. The predicted octanol–water partition coefficient (Wildman–Crippen LogP) is 5.02. The van der Waals surface area contributed by atoms with Gasteiger partial charge in [-0.3, -0.25) is 9.59 Å². The van der Waals surface area contributed by atoms with Gasteiger partial charge in [0.2, 0.25) is 5.76 Å². The number of carboxylic acid groups (broad SMARTS) is 1. The lowest BCUT2D eigenvalue weighted by Gasteiger charge is -2.19. The molecule has 2 N–H and O–H groups in total. The molecule has 216 valence electrons. The van der Waals surface area contributed by atoms with E-state index in [-0.39, 0.29) is 42.7 Å². The molecule has 0 spiro atoms. The van der Waals surface area contributed by atoms with E-state index >= 15 is 0 Å². The number of carboxylic acids is 1. The highest BCUT2D eigenvalue weighted by atomic mass is 16.5. The number of esters is 2. The van der Waals surface area contributed by atoms with E-state index in [0.717, 1.165) is 11.1 Å². The second kappa shape index (κ2) is 14.3. The molecule has 0 bridgehead atoms. The van der Waals surface area contributed by atoms with Crippen molar-refractivity contribution in [2.24, 2.45) is 0 Å². The molecule has 1 atom stereocenters. The molecule has 0 saturated heterocycles. The van der Waals surface area contributed by atoms with Crippen LogP contribution in [-0.2, 0) is 32.3 Å². The zero-order chi connectivity index (χ0) is 29.9. The maximum absolute atomic E-state index is 13.4. The first-order valence-electron chi connectivity index (χ1n) is 13.2. The molecule has 4 aromatic rings. The van der Waals surface area contributed by atoms with Crippen LogP contribution >= 0.6 is 0 Å². The number of benzene rings is 3.